The number of carbonyl (C=O) groups is 2. The quantitative estimate of drug-likeness (QED) is 0.171. The number of rotatable bonds is 3. The number of ketones is 1. The molecule has 0 unspecified atom stereocenters. The molecule has 11 nitrogen and oxygen atoms in total. The molecule has 2 saturated carbocycles. The van der Waals surface area contributed by atoms with E-state index in [0.29, 0.717) is 12.8 Å². The second-order valence-electron chi connectivity index (χ2n) is 12.1. The van der Waals surface area contributed by atoms with Crippen molar-refractivity contribution in [3.05, 3.63) is 12.7 Å². The normalized spacial score (nSPS) is 44.0. The Balaban J connectivity index is 0.00000106. The van der Waals surface area contributed by atoms with Crippen LogP contribution in [0, 0.1) is 16.7 Å². The Hall–Kier alpha value is -1.25. The lowest BCUT2D eigenvalue weighted by molar-refractivity contribution is -0.370. The second-order valence-corrected chi connectivity index (χ2v) is 12.6. The van der Waals surface area contributed by atoms with Crippen LogP contribution in [-0.4, -0.2) is 81.0 Å². The smallest absolute Gasteiger partial charge is 0.325 e. The molecule has 1 heterocycles. The zero-order valence-corrected chi connectivity index (χ0v) is 22.8. The number of hydrogen-bond donors (Lipinski definition) is 6. The molecule has 3 aliphatic rings. The Bertz CT molecular complexity index is 930. The summed E-state index contributed by atoms with van der Waals surface area (Å²) < 4.78 is 34.9. The zero-order valence-electron chi connectivity index (χ0n) is 22.0. The molecule has 1 saturated heterocycles. The van der Waals surface area contributed by atoms with Crippen molar-refractivity contribution in [3.63, 3.8) is 0 Å². The van der Waals surface area contributed by atoms with Crippen LogP contribution < -0.4 is 5.73 Å². The lowest BCUT2D eigenvalue weighted by Gasteiger charge is -2.71. The van der Waals surface area contributed by atoms with Crippen LogP contribution in [0.5, 0.6) is 0 Å². The molecule has 0 aromatic carbocycles. The predicted molar refractivity (Wildman–Crippen MR) is 131 cm³/mol. The van der Waals surface area contributed by atoms with Crippen molar-refractivity contribution in [2.45, 2.75) is 108 Å². The number of ether oxygens (including phenoxy) is 2. The topological polar surface area (TPSA) is 197 Å². The lowest BCUT2D eigenvalue weighted by Crippen LogP contribution is -2.86. The summed E-state index contributed by atoms with van der Waals surface area (Å²) in [5.41, 5.74) is -2.62. The summed E-state index contributed by atoms with van der Waals surface area (Å²) in [6, 6.07) is 0. The van der Waals surface area contributed by atoms with Gasteiger partial charge in [0.1, 0.15) is 23.3 Å². The first-order valence-corrected chi connectivity index (χ1v) is 12.9. The first kappa shape index (κ1) is 31.0. The number of esters is 1. The van der Waals surface area contributed by atoms with E-state index < -0.39 is 80.5 Å². The van der Waals surface area contributed by atoms with Crippen molar-refractivity contribution in [1.29, 1.82) is 0 Å². The molecular formula is C24H41NO10S. The van der Waals surface area contributed by atoms with Crippen LogP contribution in [0.2, 0.25) is 0 Å². The maximum atomic E-state index is 13.7. The molecule has 0 spiro atoms. The Morgan fingerprint density at radius 1 is 1.22 bits per heavy atom. The molecule has 0 aromatic rings. The van der Waals surface area contributed by atoms with Crippen molar-refractivity contribution in [2.75, 3.05) is 0 Å². The van der Waals surface area contributed by atoms with Gasteiger partial charge in [0.25, 0.3) is 11.4 Å². The van der Waals surface area contributed by atoms with Crippen molar-refractivity contribution in [2.24, 2.45) is 22.5 Å². The first-order valence-electron chi connectivity index (χ1n) is 11.8. The average Bonchev–Trinajstić information content (AvgIpc) is 2.71. The zero-order chi connectivity index (χ0) is 28.3. The number of fused-ring (bicyclic) bond motifs is 3. The molecule has 8 atom stereocenters. The Labute approximate surface area is 214 Å². The van der Waals surface area contributed by atoms with Crippen molar-refractivity contribution >= 4 is 23.1 Å². The second kappa shape index (κ2) is 9.49. The highest BCUT2D eigenvalue weighted by molar-refractivity contribution is 7.73. The molecule has 3 fully saturated rings. The van der Waals surface area contributed by atoms with E-state index in [1.54, 1.807) is 13.8 Å². The number of hydrogen-bond acceptors (Lipinski definition) is 9. The fourth-order valence-corrected chi connectivity index (χ4v) is 6.76. The van der Waals surface area contributed by atoms with Gasteiger partial charge in [0.15, 0.2) is 11.4 Å². The highest BCUT2D eigenvalue weighted by Gasteiger charge is 2.81. The van der Waals surface area contributed by atoms with Gasteiger partial charge in [-0.3, -0.25) is 18.7 Å². The number of aliphatic hydroxyl groups is 3. The molecule has 36 heavy (non-hydrogen) atoms. The van der Waals surface area contributed by atoms with E-state index in [1.807, 2.05) is 13.8 Å². The van der Waals surface area contributed by atoms with E-state index in [-0.39, 0.29) is 6.42 Å². The maximum absolute atomic E-state index is 13.7. The molecule has 208 valence electrons. The maximum Gasteiger partial charge on any atom is 0.325 e. The molecule has 3 rings (SSSR count). The molecule has 7 N–H and O–H groups in total. The summed E-state index contributed by atoms with van der Waals surface area (Å²) in [5.74, 6) is -1.98. The van der Waals surface area contributed by atoms with E-state index in [4.69, 9.17) is 28.5 Å². The van der Waals surface area contributed by atoms with E-state index >= 15 is 0 Å². The van der Waals surface area contributed by atoms with Crippen LogP contribution in [0.1, 0.15) is 67.7 Å². The highest BCUT2D eigenvalue weighted by Crippen LogP contribution is 2.67. The number of nitrogens with two attached hydrogens (primary N) is 1. The van der Waals surface area contributed by atoms with E-state index in [9.17, 15) is 24.9 Å². The Morgan fingerprint density at radius 2 is 1.72 bits per heavy atom. The van der Waals surface area contributed by atoms with Crippen LogP contribution >= 0.6 is 0 Å². The first-order chi connectivity index (χ1) is 16.0. The predicted octanol–water partition coefficient (Wildman–Crippen LogP) is 0.918. The fourth-order valence-electron chi connectivity index (χ4n) is 6.76. The summed E-state index contributed by atoms with van der Waals surface area (Å²) >= 11 is -2.61. The van der Waals surface area contributed by atoms with Crippen LogP contribution in [0.15, 0.2) is 12.7 Å². The van der Waals surface area contributed by atoms with Gasteiger partial charge < -0.3 is 30.5 Å². The van der Waals surface area contributed by atoms with Gasteiger partial charge in [0.2, 0.25) is 0 Å². The number of Topliss-reactive ketones (excluding diaryl/α,β-unsaturated/α-hetero) is 1. The lowest BCUT2D eigenvalue weighted by atomic mass is 9.39. The average molecular weight is 536 g/mol. The summed E-state index contributed by atoms with van der Waals surface area (Å²) in [6.45, 7) is 15.4. The summed E-state index contributed by atoms with van der Waals surface area (Å²) in [6.07, 6.45) is -1.63. The van der Waals surface area contributed by atoms with Crippen LogP contribution in [-0.2, 0) is 30.4 Å². The third-order valence-corrected chi connectivity index (χ3v) is 8.50. The Kier molecular flexibility index (Phi) is 8.17. The molecule has 0 amide bonds. The van der Waals surface area contributed by atoms with Crippen molar-refractivity contribution in [3.8, 4) is 0 Å². The van der Waals surface area contributed by atoms with Crippen molar-refractivity contribution < 1.29 is 47.7 Å². The molecule has 0 aromatic heterocycles. The summed E-state index contributed by atoms with van der Waals surface area (Å²) in [7, 11) is 0. The van der Waals surface area contributed by atoms with Gasteiger partial charge in [-0.2, -0.15) is 4.21 Å². The van der Waals surface area contributed by atoms with Gasteiger partial charge in [-0.15, -0.1) is 6.58 Å². The van der Waals surface area contributed by atoms with Gasteiger partial charge in [0.05, 0.1) is 11.7 Å². The van der Waals surface area contributed by atoms with Gasteiger partial charge in [-0.1, -0.05) is 26.8 Å². The molecule has 1 aliphatic heterocycles. The standard InChI is InChI=1S/C24H39NO7.H2O3S/c1-9-21(6)12-13(26)24(30)22(7)14(31-18(29)20(4,5)25)10-11-19(2,3)16(22)15(27)17(28)23(24,8)32-21;1-4(2)3/h9,14-17,27-28,30H,1,10-12,25H2,2-8H3;(H2,1,2,3)/t14-,15-,16-,17-,21-,22-,23+,24-;/m0./s1. The largest absolute Gasteiger partial charge is 0.460 e. The summed E-state index contributed by atoms with van der Waals surface area (Å²) in [5, 5.41) is 35.0. The fraction of sp³-hybridized carbons (Fsp3) is 0.833. The SMILES string of the molecule is C=C[C@@]1(C)CC(=O)[C@]2(O)[C@@]3(C)[C@@H](OC(=O)C(C)(C)N)CCC(C)(C)[C@@H]3[C@H](O)[C@H](O)[C@@]2(C)O1.O=S(O)O. The number of carbonyl (C=O) groups excluding carboxylic acids is 2. The van der Waals surface area contributed by atoms with E-state index in [0.717, 1.165) is 0 Å². The molecule has 2 aliphatic carbocycles. The molecule has 0 bridgehead atoms. The van der Waals surface area contributed by atoms with E-state index in [1.165, 1.54) is 26.8 Å². The van der Waals surface area contributed by atoms with E-state index in [2.05, 4.69) is 6.58 Å². The molecule has 12 heteroatoms. The van der Waals surface area contributed by atoms with Gasteiger partial charge in [-0.25, -0.2) is 0 Å². The summed E-state index contributed by atoms with van der Waals surface area (Å²) in [4.78, 5) is 26.5. The third-order valence-electron chi connectivity index (χ3n) is 8.50. The van der Waals surface area contributed by atoms with Gasteiger partial charge >= 0.3 is 5.97 Å². The number of aliphatic hydroxyl groups excluding tert-OH is 2. The van der Waals surface area contributed by atoms with Gasteiger partial charge in [0, 0.05) is 17.8 Å². The molecular weight excluding hydrogens is 494 g/mol. The molecule has 0 radical (unpaired) electrons. The third kappa shape index (κ3) is 4.60. The van der Waals surface area contributed by atoms with Crippen molar-refractivity contribution in [1.82, 2.24) is 0 Å². The van der Waals surface area contributed by atoms with Crippen LogP contribution in [0.25, 0.3) is 0 Å². The van der Waals surface area contributed by atoms with Crippen LogP contribution in [0.3, 0.4) is 0 Å². The minimum Gasteiger partial charge on any atom is -0.460 e. The van der Waals surface area contributed by atoms with Gasteiger partial charge in [-0.05, 0) is 46.0 Å². The minimum atomic E-state index is -2.61. The Morgan fingerprint density at radius 3 is 2.17 bits per heavy atom. The highest BCUT2D eigenvalue weighted by atomic mass is 32.2. The minimum absolute atomic E-state index is 0.169. The monoisotopic (exact) mass is 535 g/mol. The van der Waals surface area contributed by atoms with Crippen LogP contribution in [0.4, 0.5) is 0 Å².